The van der Waals surface area contributed by atoms with Crippen LogP contribution in [0.2, 0.25) is 0 Å². The van der Waals surface area contributed by atoms with E-state index in [4.69, 9.17) is 9.47 Å². The molecule has 2 saturated heterocycles. The van der Waals surface area contributed by atoms with Crippen molar-refractivity contribution in [2.45, 2.75) is 43.7 Å². The Kier molecular flexibility index (Phi) is 3.39. The summed E-state index contributed by atoms with van der Waals surface area (Å²) in [6, 6.07) is 1.92. The summed E-state index contributed by atoms with van der Waals surface area (Å²) in [4.78, 5) is 25.1. The Balaban J connectivity index is 1.25. The fourth-order valence-electron chi connectivity index (χ4n) is 3.13. The summed E-state index contributed by atoms with van der Waals surface area (Å²) < 4.78 is 10.1. The summed E-state index contributed by atoms with van der Waals surface area (Å²) in [5.74, 6) is 0.602. The van der Waals surface area contributed by atoms with Crippen LogP contribution in [0, 0.1) is 0 Å². The Bertz CT molecular complexity index is 617. The van der Waals surface area contributed by atoms with E-state index < -0.39 is 11.8 Å². The molecule has 0 radical (unpaired) electrons. The van der Waals surface area contributed by atoms with E-state index in [1.54, 1.807) is 4.90 Å². The normalized spacial score (nSPS) is 22.8. The number of aromatic nitrogens is 2. The van der Waals surface area contributed by atoms with Crippen LogP contribution in [0.15, 0.2) is 6.07 Å². The van der Waals surface area contributed by atoms with Crippen molar-refractivity contribution in [3.8, 4) is 0 Å². The lowest BCUT2D eigenvalue weighted by atomic mass is 9.92. The van der Waals surface area contributed by atoms with Gasteiger partial charge in [0.15, 0.2) is 5.60 Å². The fraction of sp³-hybridized carbons (Fsp3) is 0.667. The molecule has 2 amide bonds. The van der Waals surface area contributed by atoms with E-state index in [2.05, 4.69) is 15.5 Å². The van der Waals surface area contributed by atoms with Crippen molar-refractivity contribution in [3.63, 3.8) is 0 Å². The lowest BCUT2D eigenvalue weighted by molar-refractivity contribution is 0.00933. The van der Waals surface area contributed by atoms with Gasteiger partial charge in [0.2, 0.25) is 0 Å². The molecule has 4 rings (SSSR count). The number of hydrogen-bond acceptors (Lipinski definition) is 5. The van der Waals surface area contributed by atoms with Crippen molar-refractivity contribution in [3.05, 3.63) is 17.5 Å². The van der Waals surface area contributed by atoms with Gasteiger partial charge in [-0.2, -0.15) is 5.10 Å². The van der Waals surface area contributed by atoms with Crippen LogP contribution in [-0.2, 0) is 16.0 Å². The molecule has 1 aromatic rings. The lowest BCUT2D eigenvalue weighted by Gasteiger charge is -2.36. The molecule has 8 heteroatoms. The molecule has 1 aromatic heterocycles. The first-order valence-electron chi connectivity index (χ1n) is 8.06. The van der Waals surface area contributed by atoms with Gasteiger partial charge < -0.3 is 19.7 Å². The molecule has 1 spiro atoms. The first-order chi connectivity index (χ1) is 11.1. The maximum atomic E-state index is 12.2. The van der Waals surface area contributed by atoms with Crippen LogP contribution in [0.3, 0.4) is 0 Å². The third-order valence-corrected chi connectivity index (χ3v) is 4.79. The van der Waals surface area contributed by atoms with Gasteiger partial charge in [-0.3, -0.25) is 5.10 Å². The first-order valence-corrected chi connectivity index (χ1v) is 8.06. The number of nitrogens with zero attached hydrogens (tertiary/aromatic N) is 2. The molecule has 0 bridgehead atoms. The van der Waals surface area contributed by atoms with Gasteiger partial charge in [-0.15, -0.1) is 0 Å². The number of carbonyl (C=O) groups excluding carboxylic acids is 2. The molecule has 124 valence electrons. The molecule has 0 aromatic carbocycles. The molecule has 0 unspecified atom stereocenters. The molecule has 23 heavy (non-hydrogen) atoms. The maximum Gasteiger partial charge on any atom is 0.509 e. The van der Waals surface area contributed by atoms with Gasteiger partial charge in [-0.05, 0) is 18.9 Å². The van der Waals surface area contributed by atoms with Crippen LogP contribution in [0.1, 0.15) is 43.0 Å². The van der Waals surface area contributed by atoms with E-state index >= 15 is 0 Å². The number of piperidine rings is 1. The number of carbonyl (C=O) groups is 2. The number of H-pyrrole nitrogens is 1. The number of urea groups is 1. The number of rotatable bonds is 3. The maximum absolute atomic E-state index is 12.2. The van der Waals surface area contributed by atoms with E-state index in [1.807, 2.05) is 6.07 Å². The van der Waals surface area contributed by atoms with Crippen LogP contribution in [-0.4, -0.2) is 52.6 Å². The molecule has 2 N–H and O–H groups in total. The summed E-state index contributed by atoms with van der Waals surface area (Å²) in [5.41, 5.74) is 1.49. The second-order valence-corrected chi connectivity index (χ2v) is 6.56. The monoisotopic (exact) mass is 320 g/mol. The fourth-order valence-corrected chi connectivity index (χ4v) is 3.13. The number of hydrogen-bond donors (Lipinski definition) is 2. The number of likely N-dealkylation sites (tertiary alicyclic amines) is 1. The second kappa shape index (κ2) is 5.43. The number of aromatic amines is 1. The number of amides is 2. The minimum absolute atomic E-state index is 0.104. The first kappa shape index (κ1) is 14.3. The topological polar surface area (TPSA) is 96.5 Å². The molecule has 0 atom stereocenters. The minimum Gasteiger partial charge on any atom is -0.430 e. The highest BCUT2D eigenvalue weighted by molar-refractivity contribution is 5.74. The van der Waals surface area contributed by atoms with Crippen LogP contribution in [0.5, 0.6) is 0 Å². The molecule has 2 aliphatic heterocycles. The zero-order valence-corrected chi connectivity index (χ0v) is 12.8. The molecule has 3 fully saturated rings. The number of nitrogens with one attached hydrogen (secondary N) is 2. The Hall–Kier alpha value is -2.25. The Morgan fingerprint density at radius 1 is 1.43 bits per heavy atom. The van der Waals surface area contributed by atoms with Crippen LogP contribution >= 0.6 is 0 Å². The molecule has 3 aliphatic rings. The van der Waals surface area contributed by atoms with Crippen molar-refractivity contribution in [2.24, 2.45) is 0 Å². The van der Waals surface area contributed by atoms with E-state index in [-0.39, 0.29) is 6.03 Å². The van der Waals surface area contributed by atoms with Gasteiger partial charge in [0.1, 0.15) is 6.61 Å². The highest BCUT2D eigenvalue weighted by Crippen LogP contribution is 2.39. The summed E-state index contributed by atoms with van der Waals surface area (Å²) >= 11 is 0. The third-order valence-electron chi connectivity index (χ3n) is 4.79. The van der Waals surface area contributed by atoms with Crippen molar-refractivity contribution in [2.75, 3.05) is 19.7 Å². The van der Waals surface area contributed by atoms with Gasteiger partial charge in [0.05, 0.1) is 17.9 Å². The summed E-state index contributed by atoms with van der Waals surface area (Å²) in [7, 11) is 0. The van der Waals surface area contributed by atoms with Crippen molar-refractivity contribution < 1.29 is 19.1 Å². The molecule has 1 aliphatic carbocycles. The highest BCUT2D eigenvalue weighted by Gasteiger charge is 2.45. The predicted octanol–water partition coefficient (Wildman–Crippen LogP) is 1.50. The van der Waals surface area contributed by atoms with Gasteiger partial charge in [0.25, 0.3) is 0 Å². The van der Waals surface area contributed by atoms with Crippen LogP contribution in [0.25, 0.3) is 0 Å². The summed E-state index contributed by atoms with van der Waals surface area (Å²) in [6.07, 6.45) is 3.04. The average Bonchev–Trinajstić information content (AvgIpc) is 3.19. The van der Waals surface area contributed by atoms with Gasteiger partial charge >= 0.3 is 12.2 Å². The van der Waals surface area contributed by atoms with E-state index in [0.29, 0.717) is 45.0 Å². The van der Waals surface area contributed by atoms with Gasteiger partial charge in [0, 0.05) is 31.8 Å². The Morgan fingerprint density at radius 2 is 2.22 bits per heavy atom. The standard InChI is InChI=1S/C15H20N4O4/c20-13(16-8-11-7-12(18-17-11)10-1-2-10)19-5-3-15(4-6-19)9-22-14(21)23-15/h7,10H,1-6,8-9H2,(H,16,20)(H,17,18). The zero-order valence-electron chi connectivity index (χ0n) is 12.8. The summed E-state index contributed by atoms with van der Waals surface area (Å²) in [5, 5.41) is 10.2. The molecule has 8 nitrogen and oxygen atoms in total. The minimum atomic E-state index is -0.603. The molecule has 3 heterocycles. The second-order valence-electron chi connectivity index (χ2n) is 6.56. The van der Waals surface area contributed by atoms with Gasteiger partial charge in [-0.25, -0.2) is 9.59 Å². The zero-order chi connectivity index (χ0) is 15.9. The lowest BCUT2D eigenvalue weighted by Crippen LogP contribution is -2.50. The number of cyclic esters (lactones) is 1. The SMILES string of the molecule is O=C1OCC2(CCN(C(=O)NCc3cc(C4CC4)n[nH]3)CC2)O1. The Labute approximate surface area is 133 Å². The van der Waals surface area contributed by atoms with Crippen molar-refractivity contribution in [1.82, 2.24) is 20.4 Å². The van der Waals surface area contributed by atoms with E-state index in [0.717, 1.165) is 11.4 Å². The highest BCUT2D eigenvalue weighted by atomic mass is 16.8. The molecule has 1 saturated carbocycles. The van der Waals surface area contributed by atoms with Crippen molar-refractivity contribution >= 4 is 12.2 Å². The van der Waals surface area contributed by atoms with Crippen LogP contribution < -0.4 is 5.32 Å². The Morgan fingerprint density at radius 3 is 2.87 bits per heavy atom. The average molecular weight is 320 g/mol. The molecular formula is C15H20N4O4. The smallest absolute Gasteiger partial charge is 0.430 e. The number of ether oxygens (including phenoxy) is 2. The third kappa shape index (κ3) is 2.97. The van der Waals surface area contributed by atoms with E-state index in [9.17, 15) is 9.59 Å². The van der Waals surface area contributed by atoms with Crippen molar-refractivity contribution in [1.29, 1.82) is 0 Å². The largest absolute Gasteiger partial charge is 0.509 e. The quantitative estimate of drug-likeness (QED) is 0.823. The molecular weight excluding hydrogens is 300 g/mol. The van der Waals surface area contributed by atoms with E-state index in [1.165, 1.54) is 12.8 Å². The summed E-state index contributed by atoms with van der Waals surface area (Å²) in [6.45, 7) is 1.84. The van der Waals surface area contributed by atoms with Gasteiger partial charge in [-0.1, -0.05) is 0 Å². The predicted molar refractivity (Wildman–Crippen MR) is 78.8 cm³/mol. The van der Waals surface area contributed by atoms with Crippen LogP contribution in [0.4, 0.5) is 9.59 Å².